The van der Waals surface area contributed by atoms with E-state index in [1.54, 1.807) is 19.0 Å². The van der Waals surface area contributed by atoms with Gasteiger partial charge >= 0.3 is 6.18 Å². The van der Waals surface area contributed by atoms with Gasteiger partial charge in [0.1, 0.15) is 0 Å². The van der Waals surface area contributed by atoms with Crippen molar-refractivity contribution in [3.8, 4) is 0 Å². The average molecular weight is 423 g/mol. The zero-order chi connectivity index (χ0) is 22.1. The van der Waals surface area contributed by atoms with E-state index >= 15 is 0 Å². The van der Waals surface area contributed by atoms with E-state index in [1.165, 1.54) is 23.1 Å². The molecular weight excluding hydrogens is 399 g/mol. The van der Waals surface area contributed by atoms with E-state index in [1.807, 2.05) is 6.92 Å². The number of amides is 1. The number of nitrogens with zero attached hydrogens (tertiary/aromatic N) is 6. The average Bonchev–Trinajstić information content (AvgIpc) is 2.71. The van der Waals surface area contributed by atoms with E-state index < -0.39 is 17.6 Å². The molecule has 2 N–H and O–H groups in total. The first-order chi connectivity index (χ1) is 14.1. The summed E-state index contributed by atoms with van der Waals surface area (Å²) in [6.07, 6.45) is -4.58. The maximum Gasteiger partial charge on any atom is 0.417 e. The van der Waals surface area contributed by atoms with E-state index in [4.69, 9.17) is 5.73 Å². The van der Waals surface area contributed by atoms with Crippen LogP contribution in [0.3, 0.4) is 0 Å². The molecule has 30 heavy (non-hydrogen) atoms. The highest BCUT2D eigenvalue weighted by molar-refractivity contribution is 5.96. The van der Waals surface area contributed by atoms with Crippen molar-refractivity contribution < 1.29 is 18.0 Å². The van der Waals surface area contributed by atoms with Crippen LogP contribution in [0.15, 0.2) is 24.3 Å². The summed E-state index contributed by atoms with van der Waals surface area (Å²) in [5.41, 5.74) is 4.55. The largest absolute Gasteiger partial charge is 0.417 e. The van der Waals surface area contributed by atoms with Gasteiger partial charge in [-0.1, -0.05) is 12.1 Å². The fraction of sp³-hybridized carbons (Fsp3) is 0.474. The molecule has 162 valence electrons. The maximum atomic E-state index is 13.2. The van der Waals surface area contributed by atoms with Crippen molar-refractivity contribution in [2.75, 3.05) is 50.9 Å². The first kappa shape index (κ1) is 21.8. The normalized spacial score (nSPS) is 16.4. The van der Waals surface area contributed by atoms with Crippen molar-refractivity contribution >= 4 is 17.8 Å². The van der Waals surface area contributed by atoms with E-state index in [2.05, 4.69) is 19.9 Å². The molecule has 0 saturated carbocycles. The SMILES string of the molecule is CC(c1nc(N)nc(N(C)C)n1)N1CCN(C(=O)c2ccccc2C(F)(F)F)CC1. The molecule has 0 bridgehead atoms. The molecule has 1 atom stereocenters. The number of carbonyl (C=O) groups is 1. The Hall–Kier alpha value is -2.95. The van der Waals surface area contributed by atoms with Crippen molar-refractivity contribution in [3.05, 3.63) is 41.2 Å². The summed E-state index contributed by atoms with van der Waals surface area (Å²) >= 11 is 0. The Morgan fingerprint density at radius 1 is 1.10 bits per heavy atom. The van der Waals surface area contributed by atoms with Crippen LogP contribution in [0.2, 0.25) is 0 Å². The molecule has 1 aliphatic heterocycles. The van der Waals surface area contributed by atoms with Gasteiger partial charge in [0.25, 0.3) is 5.91 Å². The number of carbonyl (C=O) groups excluding carboxylic acids is 1. The topological polar surface area (TPSA) is 91.5 Å². The lowest BCUT2D eigenvalue weighted by atomic mass is 10.1. The quantitative estimate of drug-likeness (QED) is 0.805. The van der Waals surface area contributed by atoms with Gasteiger partial charge in [0.2, 0.25) is 11.9 Å². The minimum absolute atomic E-state index is 0.119. The smallest absolute Gasteiger partial charge is 0.368 e. The van der Waals surface area contributed by atoms with Gasteiger partial charge in [0, 0.05) is 40.3 Å². The van der Waals surface area contributed by atoms with Gasteiger partial charge in [0.15, 0.2) is 5.82 Å². The summed E-state index contributed by atoms with van der Waals surface area (Å²) in [5, 5.41) is 0. The van der Waals surface area contributed by atoms with Gasteiger partial charge in [-0.05, 0) is 19.1 Å². The third-order valence-electron chi connectivity index (χ3n) is 5.04. The standard InChI is InChI=1S/C19H24F3N7O/c1-12(15-24-17(23)26-18(25-15)27(2)3)28-8-10-29(11-9-28)16(30)13-6-4-5-7-14(13)19(20,21)22/h4-7,12H,8-11H2,1-3H3,(H2,23,24,25,26). The van der Waals surface area contributed by atoms with Crippen molar-refractivity contribution in [2.45, 2.75) is 19.1 Å². The Kier molecular flexibility index (Phi) is 6.11. The molecule has 1 unspecified atom stereocenters. The molecule has 1 amide bonds. The van der Waals surface area contributed by atoms with Crippen LogP contribution >= 0.6 is 0 Å². The molecule has 11 heteroatoms. The number of nitrogen functional groups attached to an aromatic ring is 1. The van der Waals surface area contributed by atoms with Crippen LogP contribution in [0, 0.1) is 0 Å². The van der Waals surface area contributed by atoms with Crippen molar-refractivity contribution in [1.29, 1.82) is 0 Å². The second-order valence-corrected chi connectivity index (χ2v) is 7.29. The molecule has 0 spiro atoms. The first-order valence-electron chi connectivity index (χ1n) is 9.46. The lowest BCUT2D eigenvalue weighted by molar-refractivity contribution is -0.138. The number of benzene rings is 1. The zero-order valence-electron chi connectivity index (χ0n) is 17.0. The fourth-order valence-electron chi connectivity index (χ4n) is 3.35. The van der Waals surface area contributed by atoms with Gasteiger partial charge in [-0.2, -0.15) is 28.1 Å². The summed E-state index contributed by atoms with van der Waals surface area (Å²) in [4.78, 5) is 30.7. The number of piperazine rings is 1. The third-order valence-corrected chi connectivity index (χ3v) is 5.04. The van der Waals surface area contributed by atoms with Gasteiger partial charge in [0.05, 0.1) is 17.2 Å². The number of rotatable bonds is 4. The van der Waals surface area contributed by atoms with Crippen LogP contribution in [-0.4, -0.2) is 70.9 Å². The summed E-state index contributed by atoms with van der Waals surface area (Å²) in [6, 6.07) is 4.68. The van der Waals surface area contributed by atoms with Crippen molar-refractivity contribution in [3.63, 3.8) is 0 Å². The first-order valence-corrected chi connectivity index (χ1v) is 9.46. The Bertz CT molecular complexity index is 911. The van der Waals surface area contributed by atoms with E-state index in [9.17, 15) is 18.0 Å². The highest BCUT2D eigenvalue weighted by Gasteiger charge is 2.36. The van der Waals surface area contributed by atoms with Gasteiger partial charge in [-0.15, -0.1) is 0 Å². The maximum absolute atomic E-state index is 13.2. The summed E-state index contributed by atoms with van der Waals surface area (Å²) in [5.74, 6) is 0.456. The molecule has 1 aliphatic rings. The molecule has 2 aromatic rings. The molecule has 1 aromatic carbocycles. The van der Waals surface area contributed by atoms with Crippen LogP contribution < -0.4 is 10.6 Å². The van der Waals surface area contributed by atoms with Crippen LogP contribution in [-0.2, 0) is 6.18 Å². The molecular formula is C19H24F3N7O. The lowest BCUT2D eigenvalue weighted by Gasteiger charge is -2.37. The van der Waals surface area contributed by atoms with Crippen LogP contribution in [0.25, 0.3) is 0 Å². The highest BCUT2D eigenvalue weighted by atomic mass is 19.4. The van der Waals surface area contributed by atoms with Gasteiger partial charge in [-0.25, -0.2) is 0 Å². The Balaban J connectivity index is 1.70. The Morgan fingerprint density at radius 2 is 1.73 bits per heavy atom. The molecule has 1 fully saturated rings. The van der Waals surface area contributed by atoms with E-state index in [-0.39, 0.29) is 17.6 Å². The molecule has 1 aromatic heterocycles. The number of anilines is 2. The monoisotopic (exact) mass is 423 g/mol. The molecule has 1 saturated heterocycles. The lowest BCUT2D eigenvalue weighted by Crippen LogP contribution is -2.49. The van der Waals surface area contributed by atoms with Gasteiger partial charge < -0.3 is 15.5 Å². The second kappa shape index (κ2) is 8.42. The van der Waals surface area contributed by atoms with Crippen molar-refractivity contribution in [2.24, 2.45) is 0 Å². The number of hydrogen-bond acceptors (Lipinski definition) is 7. The van der Waals surface area contributed by atoms with Crippen molar-refractivity contribution in [1.82, 2.24) is 24.8 Å². The molecule has 0 radical (unpaired) electrons. The minimum atomic E-state index is -4.58. The molecule has 0 aliphatic carbocycles. The van der Waals surface area contributed by atoms with Crippen LogP contribution in [0.1, 0.15) is 34.7 Å². The molecule has 3 rings (SSSR count). The zero-order valence-corrected chi connectivity index (χ0v) is 17.0. The van der Waals surface area contributed by atoms with E-state index in [0.29, 0.717) is 38.0 Å². The number of nitrogens with two attached hydrogens (primary N) is 1. The number of aromatic nitrogens is 3. The minimum Gasteiger partial charge on any atom is -0.368 e. The summed E-state index contributed by atoms with van der Waals surface area (Å²) < 4.78 is 39.7. The molecule has 2 heterocycles. The summed E-state index contributed by atoms with van der Waals surface area (Å²) in [7, 11) is 3.60. The number of alkyl halides is 3. The Morgan fingerprint density at radius 3 is 2.33 bits per heavy atom. The number of halogens is 3. The predicted octanol–water partition coefficient (Wildman–Crippen LogP) is 2.06. The van der Waals surface area contributed by atoms with Gasteiger partial charge in [-0.3, -0.25) is 9.69 Å². The number of hydrogen-bond donors (Lipinski definition) is 1. The Labute approximate surface area is 172 Å². The fourth-order valence-corrected chi connectivity index (χ4v) is 3.35. The molecule has 8 nitrogen and oxygen atoms in total. The second-order valence-electron chi connectivity index (χ2n) is 7.29. The highest BCUT2D eigenvalue weighted by Crippen LogP contribution is 2.32. The predicted molar refractivity (Wildman–Crippen MR) is 106 cm³/mol. The van der Waals surface area contributed by atoms with Crippen LogP contribution in [0.5, 0.6) is 0 Å². The van der Waals surface area contributed by atoms with Crippen LogP contribution in [0.4, 0.5) is 25.1 Å². The third kappa shape index (κ3) is 4.61. The summed E-state index contributed by atoms with van der Waals surface area (Å²) in [6.45, 7) is 3.48. The van der Waals surface area contributed by atoms with E-state index in [0.717, 1.165) is 6.07 Å².